The van der Waals surface area contributed by atoms with Crippen LogP contribution in [0.2, 0.25) is 10.0 Å². The van der Waals surface area contributed by atoms with Crippen LogP contribution in [0.1, 0.15) is 31.1 Å². The first-order chi connectivity index (χ1) is 8.86. The lowest BCUT2D eigenvalue weighted by atomic mass is 10.0. The van der Waals surface area contributed by atoms with Gasteiger partial charge < -0.3 is 5.32 Å². The number of carbonyl (C=O) groups is 1. The van der Waals surface area contributed by atoms with Crippen LogP contribution in [0.25, 0.3) is 0 Å². The minimum atomic E-state index is -0.369. The summed E-state index contributed by atoms with van der Waals surface area (Å²) in [5.41, 5.74) is 0.969. The number of nitriles is 1. The van der Waals surface area contributed by atoms with E-state index >= 15 is 0 Å². The van der Waals surface area contributed by atoms with Crippen molar-refractivity contribution in [3.05, 3.63) is 45.1 Å². The van der Waals surface area contributed by atoms with Gasteiger partial charge in [-0.2, -0.15) is 5.26 Å². The van der Waals surface area contributed by atoms with Crippen LogP contribution in [0, 0.1) is 11.3 Å². The molecule has 3 nitrogen and oxygen atoms in total. The summed E-state index contributed by atoms with van der Waals surface area (Å²) < 4.78 is 0. The van der Waals surface area contributed by atoms with Crippen molar-refractivity contribution >= 4 is 29.0 Å². The zero-order valence-electron chi connectivity index (χ0n) is 10.9. The molecule has 0 atom stereocenters. The molecule has 19 heavy (non-hydrogen) atoms. The maximum atomic E-state index is 12.2. The summed E-state index contributed by atoms with van der Waals surface area (Å²) >= 11 is 11.7. The number of halogens is 2. The third-order valence-electron chi connectivity index (χ3n) is 2.40. The molecular formula is C14H14Cl2N2O. The van der Waals surface area contributed by atoms with Crippen molar-refractivity contribution in [1.29, 1.82) is 5.26 Å². The molecular weight excluding hydrogens is 283 g/mol. The molecule has 0 aromatic heterocycles. The van der Waals surface area contributed by atoms with E-state index in [1.807, 2.05) is 19.9 Å². The summed E-state index contributed by atoms with van der Waals surface area (Å²) in [6, 6.07) is 6.63. The lowest BCUT2D eigenvalue weighted by molar-refractivity contribution is 0.103. The molecule has 5 heteroatoms. The minimum Gasteiger partial charge on any atom is -0.385 e. The monoisotopic (exact) mass is 296 g/mol. The smallest absolute Gasteiger partial charge is 0.205 e. The average molecular weight is 297 g/mol. The maximum Gasteiger partial charge on any atom is 0.205 e. The molecule has 0 saturated heterocycles. The van der Waals surface area contributed by atoms with E-state index in [0.29, 0.717) is 21.3 Å². The summed E-state index contributed by atoms with van der Waals surface area (Å²) in [6.45, 7) is 5.57. The number of hydrogen-bond acceptors (Lipinski definition) is 3. The highest BCUT2D eigenvalue weighted by atomic mass is 35.5. The molecule has 0 unspecified atom stereocenters. The van der Waals surface area contributed by atoms with Crippen LogP contribution >= 0.6 is 23.2 Å². The molecule has 100 valence electrons. The van der Waals surface area contributed by atoms with Crippen molar-refractivity contribution in [3.8, 4) is 6.07 Å². The molecule has 0 radical (unpaired) electrons. The topological polar surface area (TPSA) is 52.9 Å². The van der Waals surface area contributed by atoms with Gasteiger partial charge >= 0.3 is 0 Å². The van der Waals surface area contributed by atoms with E-state index in [4.69, 9.17) is 28.5 Å². The van der Waals surface area contributed by atoms with Gasteiger partial charge in [0.1, 0.15) is 11.6 Å². The number of carbonyl (C=O) groups excluding carboxylic acids is 1. The second-order valence-electron chi connectivity index (χ2n) is 4.37. The summed E-state index contributed by atoms with van der Waals surface area (Å²) in [5, 5.41) is 12.8. The Morgan fingerprint density at radius 3 is 2.42 bits per heavy atom. The van der Waals surface area contributed by atoms with Crippen molar-refractivity contribution in [2.45, 2.75) is 26.8 Å². The van der Waals surface area contributed by atoms with E-state index in [2.05, 4.69) is 5.32 Å². The molecule has 0 aliphatic carbocycles. The predicted molar refractivity (Wildman–Crippen MR) is 77.4 cm³/mol. The van der Waals surface area contributed by atoms with Gasteiger partial charge in [0.05, 0.1) is 10.0 Å². The molecule has 0 bridgehead atoms. The predicted octanol–water partition coefficient (Wildman–Crippen LogP) is 3.97. The molecule has 1 aromatic rings. The zero-order chi connectivity index (χ0) is 14.6. The second kappa shape index (κ2) is 6.60. The van der Waals surface area contributed by atoms with Gasteiger partial charge in [-0.1, -0.05) is 23.2 Å². The maximum absolute atomic E-state index is 12.2. The zero-order valence-corrected chi connectivity index (χ0v) is 12.4. The molecule has 1 rings (SSSR count). The fraction of sp³-hybridized carbons (Fsp3) is 0.286. The Kier molecular flexibility index (Phi) is 5.41. The van der Waals surface area contributed by atoms with Gasteiger partial charge in [-0.15, -0.1) is 0 Å². The van der Waals surface area contributed by atoms with Crippen molar-refractivity contribution in [2.75, 3.05) is 0 Å². The molecule has 0 amide bonds. The van der Waals surface area contributed by atoms with Gasteiger partial charge in [-0.25, -0.2) is 0 Å². The highest BCUT2D eigenvalue weighted by Crippen LogP contribution is 2.24. The standard InChI is InChI=1S/C14H14Cl2N2O/c1-8(2)18-9(3)11(7-17)14(19)10-4-5-12(15)13(16)6-10/h4-6,8,18H,1-3H3/b11-9-. The first-order valence-corrected chi connectivity index (χ1v) is 6.49. The highest BCUT2D eigenvalue weighted by molar-refractivity contribution is 6.42. The van der Waals surface area contributed by atoms with Crippen LogP contribution in [0.3, 0.4) is 0 Å². The number of nitrogens with one attached hydrogen (secondary N) is 1. The molecule has 1 N–H and O–H groups in total. The van der Waals surface area contributed by atoms with Gasteiger partial charge in [-0.3, -0.25) is 4.79 Å². The largest absolute Gasteiger partial charge is 0.385 e. The Hall–Kier alpha value is -1.50. The summed E-state index contributed by atoms with van der Waals surface area (Å²) in [4.78, 5) is 12.2. The number of nitrogens with zero attached hydrogens (tertiary/aromatic N) is 1. The Balaban J connectivity index is 3.16. The van der Waals surface area contributed by atoms with Gasteiger partial charge in [0.25, 0.3) is 0 Å². The van der Waals surface area contributed by atoms with Crippen LogP contribution in [0.15, 0.2) is 29.5 Å². The molecule has 0 aliphatic heterocycles. The van der Waals surface area contributed by atoms with Gasteiger partial charge in [0.15, 0.2) is 0 Å². The van der Waals surface area contributed by atoms with Crippen LogP contribution < -0.4 is 5.32 Å². The van der Waals surface area contributed by atoms with E-state index in [1.54, 1.807) is 13.0 Å². The minimum absolute atomic E-state index is 0.0760. The van der Waals surface area contributed by atoms with Crippen molar-refractivity contribution < 1.29 is 4.79 Å². The fourth-order valence-electron chi connectivity index (χ4n) is 1.59. The number of ketones is 1. The molecule has 1 aromatic carbocycles. The first-order valence-electron chi connectivity index (χ1n) is 5.74. The van der Waals surface area contributed by atoms with Crippen LogP contribution in [-0.4, -0.2) is 11.8 Å². The van der Waals surface area contributed by atoms with Crippen LogP contribution in [0.4, 0.5) is 0 Å². The number of allylic oxidation sites excluding steroid dienone is 2. The van der Waals surface area contributed by atoms with Crippen LogP contribution in [-0.2, 0) is 0 Å². The number of hydrogen-bond donors (Lipinski definition) is 1. The summed E-state index contributed by atoms with van der Waals surface area (Å²) in [6.07, 6.45) is 0. The number of benzene rings is 1. The quantitative estimate of drug-likeness (QED) is 0.519. The molecule has 0 spiro atoms. The lowest BCUT2D eigenvalue weighted by Crippen LogP contribution is -2.23. The van der Waals surface area contributed by atoms with Crippen LogP contribution in [0.5, 0.6) is 0 Å². The fourth-order valence-corrected chi connectivity index (χ4v) is 1.89. The van der Waals surface area contributed by atoms with Gasteiger partial charge in [0.2, 0.25) is 5.78 Å². The van der Waals surface area contributed by atoms with Crippen molar-refractivity contribution in [2.24, 2.45) is 0 Å². The normalized spacial score (nSPS) is 11.8. The summed E-state index contributed by atoms with van der Waals surface area (Å²) in [5.74, 6) is -0.369. The first kappa shape index (κ1) is 15.6. The van der Waals surface area contributed by atoms with E-state index in [1.165, 1.54) is 12.1 Å². The molecule has 0 fully saturated rings. The molecule has 0 aliphatic rings. The number of Topliss-reactive ketones (excluding diaryl/α,β-unsaturated/α-hetero) is 1. The third-order valence-corrected chi connectivity index (χ3v) is 3.14. The molecule has 0 saturated carbocycles. The Labute approximate surface area is 122 Å². The second-order valence-corrected chi connectivity index (χ2v) is 5.18. The Bertz CT molecular complexity index is 571. The van der Waals surface area contributed by atoms with Crippen molar-refractivity contribution in [3.63, 3.8) is 0 Å². The number of rotatable bonds is 4. The SMILES string of the molecule is C/C(NC(C)C)=C(\C#N)C(=O)c1ccc(Cl)c(Cl)c1. The lowest BCUT2D eigenvalue weighted by Gasteiger charge is -2.12. The third kappa shape index (κ3) is 3.99. The highest BCUT2D eigenvalue weighted by Gasteiger charge is 2.16. The van der Waals surface area contributed by atoms with Crippen molar-refractivity contribution in [1.82, 2.24) is 5.32 Å². The Morgan fingerprint density at radius 2 is 1.95 bits per heavy atom. The molecule has 0 heterocycles. The van der Waals surface area contributed by atoms with E-state index in [9.17, 15) is 4.79 Å². The van der Waals surface area contributed by atoms with E-state index in [0.717, 1.165) is 0 Å². The Morgan fingerprint density at radius 1 is 1.32 bits per heavy atom. The van der Waals surface area contributed by atoms with Gasteiger partial charge in [-0.05, 0) is 39.0 Å². The van der Waals surface area contributed by atoms with Gasteiger partial charge in [0, 0.05) is 17.3 Å². The van der Waals surface area contributed by atoms with E-state index < -0.39 is 0 Å². The average Bonchev–Trinajstić information content (AvgIpc) is 2.32. The summed E-state index contributed by atoms with van der Waals surface area (Å²) in [7, 11) is 0. The van der Waals surface area contributed by atoms with E-state index in [-0.39, 0.29) is 17.4 Å².